The molecule has 1 N–H and O–H groups in total. The maximum absolute atomic E-state index is 12.8. The highest BCUT2D eigenvalue weighted by molar-refractivity contribution is 7.18. The topological polar surface area (TPSA) is 76.9 Å². The number of anilines is 1. The van der Waals surface area contributed by atoms with E-state index in [1.807, 2.05) is 0 Å². The van der Waals surface area contributed by atoms with E-state index in [1.54, 1.807) is 46.8 Å². The molecule has 1 amide bonds. The molecule has 0 saturated heterocycles. The summed E-state index contributed by atoms with van der Waals surface area (Å²) in [5, 5.41) is 3.56. The molecule has 0 aliphatic heterocycles. The number of aromatic nitrogens is 3. The molecular weight excluding hydrogens is 336 g/mol. The normalized spacial score (nSPS) is 13.6. The predicted octanol–water partition coefficient (Wildman–Crippen LogP) is 2.76. The molecule has 1 aliphatic rings. The van der Waals surface area contributed by atoms with Crippen LogP contribution in [0, 0.1) is 0 Å². The Balaban J connectivity index is 1.53. The second-order valence-corrected chi connectivity index (χ2v) is 7.25. The van der Waals surface area contributed by atoms with Crippen molar-refractivity contribution in [3.05, 3.63) is 51.6 Å². The molecule has 4 rings (SSSR count). The van der Waals surface area contributed by atoms with Crippen LogP contribution in [0.1, 0.15) is 29.7 Å². The number of thiophene rings is 1. The van der Waals surface area contributed by atoms with E-state index in [-0.39, 0.29) is 17.9 Å². The Kier molecular flexibility index (Phi) is 4.31. The van der Waals surface area contributed by atoms with Gasteiger partial charge in [-0.2, -0.15) is 0 Å². The number of aryl methyl sites for hydroxylation is 3. The van der Waals surface area contributed by atoms with Crippen LogP contribution < -0.4 is 10.9 Å². The summed E-state index contributed by atoms with van der Waals surface area (Å²) >= 11 is 1.64. The van der Waals surface area contributed by atoms with Crippen LogP contribution in [0.4, 0.5) is 5.69 Å². The van der Waals surface area contributed by atoms with Crippen LogP contribution in [-0.2, 0) is 24.2 Å². The molecule has 7 heteroatoms. The predicted molar refractivity (Wildman–Crippen MR) is 98.0 cm³/mol. The first-order valence-corrected chi connectivity index (χ1v) is 9.23. The lowest BCUT2D eigenvalue weighted by molar-refractivity contribution is -0.116. The average Bonchev–Trinajstić information content (AvgIpc) is 3.01. The lowest BCUT2D eigenvalue weighted by Crippen LogP contribution is -2.24. The molecule has 0 unspecified atom stereocenters. The lowest BCUT2D eigenvalue weighted by atomic mass is 9.97. The van der Waals surface area contributed by atoms with Crippen LogP contribution in [0.3, 0.4) is 0 Å². The number of nitrogens with zero attached hydrogens (tertiary/aromatic N) is 3. The van der Waals surface area contributed by atoms with Gasteiger partial charge in [0.15, 0.2) is 0 Å². The third-order valence-corrected chi connectivity index (χ3v) is 5.69. The highest BCUT2D eigenvalue weighted by Gasteiger charge is 2.20. The third kappa shape index (κ3) is 3.19. The SMILES string of the molecule is O=C(CCn1cnc2sc3c(c2c1=O)CCCC3)Nc1ccncc1. The van der Waals surface area contributed by atoms with Crippen molar-refractivity contribution in [3.8, 4) is 0 Å². The molecule has 6 nitrogen and oxygen atoms in total. The molecule has 0 bridgehead atoms. The zero-order chi connectivity index (χ0) is 17.2. The number of pyridine rings is 1. The maximum Gasteiger partial charge on any atom is 0.262 e. The fourth-order valence-electron chi connectivity index (χ4n) is 3.22. The summed E-state index contributed by atoms with van der Waals surface area (Å²) in [4.78, 5) is 35.4. The molecule has 128 valence electrons. The van der Waals surface area contributed by atoms with E-state index in [0.29, 0.717) is 12.2 Å². The number of amides is 1. The summed E-state index contributed by atoms with van der Waals surface area (Å²) in [6.45, 7) is 0.323. The van der Waals surface area contributed by atoms with Crippen molar-refractivity contribution in [2.24, 2.45) is 0 Å². The van der Waals surface area contributed by atoms with Crippen molar-refractivity contribution >= 4 is 33.1 Å². The Morgan fingerprint density at radius 1 is 1.24 bits per heavy atom. The van der Waals surface area contributed by atoms with Crippen LogP contribution >= 0.6 is 11.3 Å². The Morgan fingerprint density at radius 2 is 2.04 bits per heavy atom. The van der Waals surface area contributed by atoms with Gasteiger partial charge >= 0.3 is 0 Å². The second-order valence-electron chi connectivity index (χ2n) is 6.17. The van der Waals surface area contributed by atoms with Crippen LogP contribution in [0.2, 0.25) is 0 Å². The van der Waals surface area contributed by atoms with Gasteiger partial charge in [0.05, 0.1) is 11.7 Å². The van der Waals surface area contributed by atoms with E-state index < -0.39 is 0 Å². The molecule has 3 aromatic rings. The lowest BCUT2D eigenvalue weighted by Gasteiger charge is -2.10. The van der Waals surface area contributed by atoms with E-state index >= 15 is 0 Å². The number of hydrogen-bond acceptors (Lipinski definition) is 5. The number of nitrogens with one attached hydrogen (secondary N) is 1. The fraction of sp³-hybridized carbons (Fsp3) is 0.333. The summed E-state index contributed by atoms with van der Waals surface area (Å²) in [6, 6.07) is 3.46. The van der Waals surface area contributed by atoms with Crippen molar-refractivity contribution in [2.45, 2.75) is 38.6 Å². The van der Waals surface area contributed by atoms with E-state index in [0.717, 1.165) is 29.5 Å². The highest BCUT2D eigenvalue weighted by Crippen LogP contribution is 2.33. The van der Waals surface area contributed by atoms with Gasteiger partial charge < -0.3 is 5.32 Å². The van der Waals surface area contributed by atoms with Gasteiger partial charge in [-0.05, 0) is 43.4 Å². The monoisotopic (exact) mass is 354 g/mol. The summed E-state index contributed by atoms with van der Waals surface area (Å²) < 4.78 is 1.55. The van der Waals surface area contributed by atoms with Crippen molar-refractivity contribution in [3.63, 3.8) is 0 Å². The zero-order valence-electron chi connectivity index (χ0n) is 13.7. The van der Waals surface area contributed by atoms with Crippen molar-refractivity contribution in [1.82, 2.24) is 14.5 Å². The molecule has 0 atom stereocenters. The number of carbonyl (C=O) groups excluding carboxylic acids is 1. The summed E-state index contributed by atoms with van der Waals surface area (Å²) in [6.07, 6.45) is 9.34. The maximum atomic E-state index is 12.8. The number of hydrogen-bond donors (Lipinski definition) is 1. The minimum Gasteiger partial charge on any atom is -0.326 e. The standard InChI is InChI=1S/C18H18N4O2S/c23-15(21-12-5-8-19-9-6-12)7-10-22-11-20-17-16(18(22)24)13-3-1-2-4-14(13)25-17/h5-6,8-9,11H,1-4,7,10H2,(H,19,21,23). The first kappa shape index (κ1) is 16.0. The van der Waals surface area contributed by atoms with Crippen molar-refractivity contribution < 1.29 is 4.79 Å². The third-order valence-electron chi connectivity index (χ3n) is 4.49. The molecule has 0 aromatic carbocycles. The Labute approximate surface area is 148 Å². The smallest absolute Gasteiger partial charge is 0.262 e. The van der Waals surface area contributed by atoms with Gasteiger partial charge in [0.25, 0.3) is 5.56 Å². The first-order chi connectivity index (χ1) is 12.2. The highest BCUT2D eigenvalue weighted by atomic mass is 32.1. The van der Waals surface area contributed by atoms with Gasteiger partial charge in [-0.3, -0.25) is 19.1 Å². The van der Waals surface area contributed by atoms with Crippen LogP contribution in [-0.4, -0.2) is 20.4 Å². The molecule has 1 aliphatic carbocycles. The van der Waals surface area contributed by atoms with E-state index in [2.05, 4.69) is 15.3 Å². The molecule has 25 heavy (non-hydrogen) atoms. The molecule has 0 radical (unpaired) electrons. The molecule has 0 fully saturated rings. The van der Waals surface area contributed by atoms with Crippen molar-refractivity contribution in [2.75, 3.05) is 5.32 Å². The first-order valence-electron chi connectivity index (χ1n) is 8.42. The Bertz CT molecular complexity index is 978. The Hall–Kier alpha value is -2.54. The van der Waals surface area contributed by atoms with Crippen LogP contribution in [0.25, 0.3) is 10.2 Å². The van der Waals surface area contributed by atoms with Gasteiger partial charge in [0.2, 0.25) is 5.91 Å². The van der Waals surface area contributed by atoms with Gasteiger partial charge in [-0.15, -0.1) is 11.3 Å². The summed E-state index contributed by atoms with van der Waals surface area (Å²) in [5.41, 5.74) is 1.85. The zero-order valence-corrected chi connectivity index (χ0v) is 14.5. The number of carbonyl (C=O) groups is 1. The van der Waals surface area contributed by atoms with E-state index in [1.165, 1.54) is 16.9 Å². The molecule has 3 aromatic heterocycles. The quantitative estimate of drug-likeness (QED) is 0.781. The minimum atomic E-state index is -0.134. The van der Waals surface area contributed by atoms with Gasteiger partial charge in [0, 0.05) is 35.9 Å². The second kappa shape index (κ2) is 6.76. The fourth-order valence-corrected chi connectivity index (χ4v) is 4.44. The van der Waals surface area contributed by atoms with Crippen molar-refractivity contribution in [1.29, 1.82) is 0 Å². The van der Waals surface area contributed by atoms with Crippen LogP contribution in [0.5, 0.6) is 0 Å². The average molecular weight is 354 g/mol. The summed E-state index contributed by atoms with van der Waals surface area (Å²) in [7, 11) is 0. The van der Waals surface area contributed by atoms with Crippen LogP contribution in [0.15, 0.2) is 35.6 Å². The minimum absolute atomic E-state index is 0.0267. The summed E-state index contributed by atoms with van der Waals surface area (Å²) in [5.74, 6) is -0.134. The largest absolute Gasteiger partial charge is 0.326 e. The molecule has 3 heterocycles. The molecular formula is C18H18N4O2S. The number of fused-ring (bicyclic) bond motifs is 3. The van der Waals surface area contributed by atoms with Gasteiger partial charge in [-0.1, -0.05) is 0 Å². The molecule has 0 spiro atoms. The van der Waals surface area contributed by atoms with Gasteiger partial charge in [0.1, 0.15) is 4.83 Å². The van der Waals surface area contributed by atoms with E-state index in [4.69, 9.17) is 0 Å². The molecule has 0 saturated carbocycles. The number of rotatable bonds is 4. The Morgan fingerprint density at radius 3 is 2.88 bits per heavy atom. The van der Waals surface area contributed by atoms with Gasteiger partial charge in [-0.25, -0.2) is 4.98 Å². The van der Waals surface area contributed by atoms with E-state index in [9.17, 15) is 9.59 Å².